The SMILES string of the molecule is C=CCN1CCN(C(=O)c2nc3ccccc3nc2OC)CC1. The van der Waals surface area contributed by atoms with Gasteiger partial charge in [0.1, 0.15) is 0 Å². The summed E-state index contributed by atoms with van der Waals surface area (Å²) in [6.45, 7) is 7.61. The van der Waals surface area contributed by atoms with Crippen LogP contribution in [0.3, 0.4) is 0 Å². The van der Waals surface area contributed by atoms with Crippen molar-refractivity contribution in [1.29, 1.82) is 0 Å². The fraction of sp³-hybridized carbons (Fsp3) is 0.353. The van der Waals surface area contributed by atoms with Gasteiger partial charge in [-0.2, -0.15) is 0 Å². The largest absolute Gasteiger partial charge is 0.479 e. The van der Waals surface area contributed by atoms with Crippen LogP contribution < -0.4 is 4.74 Å². The molecule has 0 unspecified atom stereocenters. The standard InChI is InChI=1S/C17H20N4O2/c1-3-8-20-9-11-21(12-10-20)17(22)15-16(23-2)19-14-7-5-4-6-13(14)18-15/h3-7H,1,8-12H2,2H3. The van der Waals surface area contributed by atoms with Crippen molar-refractivity contribution in [3.63, 3.8) is 0 Å². The van der Waals surface area contributed by atoms with E-state index in [1.807, 2.05) is 30.3 Å². The summed E-state index contributed by atoms with van der Waals surface area (Å²) in [4.78, 5) is 25.7. The number of ether oxygens (including phenoxy) is 1. The summed E-state index contributed by atoms with van der Waals surface area (Å²) in [5, 5.41) is 0. The van der Waals surface area contributed by atoms with Crippen LogP contribution in [0.5, 0.6) is 5.88 Å². The summed E-state index contributed by atoms with van der Waals surface area (Å²) < 4.78 is 5.28. The number of rotatable bonds is 4. The molecular formula is C17H20N4O2. The molecule has 3 rings (SSSR count). The van der Waals surface area contributed by atoms with Gasteiger partial charge in [0, 0.05) is 32.7 Å². The summed E-state index contributed by atoms with van der Waals surface area (Å²) in [5.41, 5.74) is 1.70. The molecule has 0 saturated carbocycles. The van der Waals surface area contributed by atoms with Gasteiger partial charge in [0.2, 0.25) is 5.88 Å². The minimum absolute atomic E-state index is 0.127. The Hall–Kier alpha value is -2.47. The monoisotopic (exact) mass is 312 g/mol. The van der Waals surface area contributed by atoms with Crippen LogP contribution in [-0.2, 0) is 0 Å². The minimum Gasteiger partial charge on any atom is -0.479 e. The van der Waals surface area contributed by atoms with E-state index in [1.165, 1.54) is 7.11 Å². The summed E-state index contributed by atoms with van der Waals surface area (Å²) in [6.07, 6.45) is 1.88. The Bertz CT molecular complexity index is 724. The number of hydrogen-bond donors (Lipinski definition) is 0. The first-order valence-corrected chi connectivity index (χ1v) is 7.66. The summed E-state index contributed by atoms with van der Waals surface area (Å²) >= 11 is 0. The minimum atomic E-state index is -0.127. The first-order chi connectivity index (χ1) is 11.2. The van der Waals surface area contributed by atoms with Crippen LogP contribution in [-0.4, -0.2) is 65.5 Å². The van der Waals surface area contributed by atoms with Crippen LogP contribution in [0.1, 0.15) is 10.5 Å². The van der Waals surface area contributed by atoms with Crippen molar-refractivity contribution in [3.05, 3.63) is 42.6 Å². The third-order valence-electron chi connectivity index (χ3n) is 3.98. The zero-order valence-corrected chi connectivity index (χ0v) is 13.2. The average molecular weight is 312 g/mol. The maximum absolute atomic E-state index is 12.8. The first kappa shape index (κ1) is 15.4. The molecule has 2 aromatic rings. The second kappa shape index (κ2) is 6.75. The maximum Gasteiger partial charge on any atom is 0.278 e. The molecule has 120 valence electrons. The van der Waals surface area contributed by atoms with Gasteiger partial charge in [-0.25, -0.2) is 9.97 Å². The third-order valence-corrected chi connectivity index (χ3v) is 3.98. The number of fused-ring (bicyclic) bond motifs is 1. The molecule has 0 N–H and O–H groups in total. The molecule has 0 aliphatic carbocycles. The molecule has 6 heteroatoms. The Kier molecular flexibility index (Phi) is 4.52. The number of carbonyl (C=O) groups is 1. The Morgan fingerprint density at radius 2 is 1.87 bits per heavy atom. The molecule has 1 aliphatic heterocycles. The van der Waals surface area contributed by atoms with Gasteiger partial charge in [-0.3, -0.25) is 9.69 Å². The van der Waals surface area contributed by atoms with Crippen molar-refractivity contribution in [3.8, 4) is 5.88 Å². The van der Waals surface area contributed by atoms with Crippen molar-refractivity contribution in [2.75, 3.05) is 39.8 Å². The van der Waals surface area contributed by atoms with E-state index in [1.54, 1.807) is 4.90 Å². The van der Waals surface area contributed by atoms with Gasteiger partial charge in [-0.05, 0) is 12.1 Å². The van der Waals surface area contributed by atoms with E-state index in [0.29, 0.717) is 18.6 Å². The van der Waals surface area contributed by atoms with Gasteiger partial charge in [0.25, 0.3) is 5.91 Å². The van der Waals surface area contributed by atoms with Gasteiger partial charge in [-0.15, -0.1) is 6.58 Å². The van der Waals surface area contributed by atoms with Crippen LogP contribution in [0.15, 0.2) is 36.9 Å². The Balaban J connectivity index is 1.84. The fourth-order valence-corrected chi connectivity index (χ4v) is 2.73. The van der Waals surface area contributed by atoms with E-state index >= 15 is 0 Å². The first-order valence-electron chi connectivity index (χ1n) is 7.66. The molecule has 2 heterocycles. The Labute approximate surface area is 135 Å². The van der Waals surface area contributed by atoms with E-state index < -0.39 is 0 Å². The smallest absolute Gasteiger partial charge is 0.278 e. The summed E-state index contributed by atoms with van der Waals surface area (Å²) in [7, 11) is 1.51. The number of methoxy groups -OCH3 is 1. The quantitative estimate of drug-likeness (QED) is 0.802. The maximum atomic E-state index is 12.8. The van der Waals surface area contributed by atoms with Crippen molar-refractivity contribution in [2.45, 2.75) is 0 Å². The van der Waals surface area contributed by atoms with E-state index in [2.05, 4.69) is 21.4 Å². The molecule has 0 atom stereocenters. The molecule has 0 radical (unpaired) electrons. The normalized spacial score (nSPS) is 15.6. The zero-order valence-electron chi connectivity index (χ0n) is 13.2. The highest BCUT2D eigenvalue weighted by Crippen LogP contribution is 2.20. The lowest BCUT2D eigenvalue weighted by atomic mass is 10.2. The molecule has 1 fully saturated rings. The average Bonchev–Trinajstić information content (AvgIpc) is 2.61. The molecule has 1 saturated heterocycles. The van der Waals surface area contributed by atoms with E-state index in [4.69, 9.17) is 4.74 Å². The number of piperazine rings is 1. The number of hydrogen-bond acceptors (Lipinski definition) is 5. The Morgan fingerprint density at radius 3 is 2.48 bits per heavy atom. The fourth-order valence-electron chi connectivity index (χ4n) is 2.73. The molecule has 1 aliphatic rings. The lowest BCUT2D eigenvalue weighted by Gasteiger charge is -2.34. The summed E-state index contributed by atoms with van der Waals surface area (Å²) in [5.74, 6) is 0.153. The van der Waals surface area contributed by atoms with Crippen LogP contribution in [0.25, 0.3) is 11.0 Å². The number of nitrogens with zero attached hydrogens (tertiary/aromatic N) is 4. The van der Waals surface area contributed by atoms with Gasteiger partial charge in [0.15, 0.2) is 5.69 Å². The molecular weight excluding hydrogens is 292 g/mol. The molecule has 6 nitrogen and oxygen atoms in total. The van der Waals surface area contributed by atoms with Crippen molar-refractivity contribution < 1.29 is 9.53 Å². The van der Waals surface area contributed by atoms with E-state index in [-0.39, 0.29) is 17.5 Å². The highest BCUT2D eigenvalue weighted by molar-refractivity contribution is 5.96. The van der Waals surface area contributed by atoms with Crippen LogP contribution >= 0.6 is 0 Å². The molecule has 23 heavy (non-hydrogen) atoms. The molecule has 1 aromatic heterocycles. The van der Waals surface area contributed by atoms with Gasteiger partial charge in [-0.1, -0.05) is 18.2 Å². The predicted octanol–water partition coefficient (Wildman–Crippen LogP) is 1.58. The zero-order chi connectivity index (χ0) is 16.2. The summed E-state index contributed by atoms with van der Waals surface area (Å²) in [6, 6.07) is 7.47. The van der Waals surface area contributed by atoms with Crippen molar-refractivity contribution in [2.24, 2.45) is 0 Å². The van der Waals surface area contributed by atoms with Crippen LogP contribution in [0.2, 0.25) is 0 Å². The third kappa shape index (κ3) is 3.17. The van der Waals surface area contributed by atoms with Gasteiger partial charge in [0.05, 0.1) is 18.1 Å². The molecule has 0 bridgehead atoms. The number of benzene rings is 1. The second-order valence-electron chi connectivity index (χ2n) is 5.45. The molecule has 1 amide bonds. The topological polar surface area (TPSA) is 58.6 Å². The number of carbonyl (C=O) groups excluding carboxylic acids is 1. The van der Waals surface area contributed by atoms with Crippen molar-refractivity contribution in [1.82, 2.24) is 19.8 Å². The lowest BCUT2D eigenvalue weighted by Crippen LogP contribution is -2.48. The predicted molar refractivity (Wildman–Crippen MR) is 88.6 cm³/mol. The van der Waals surface area contributed by atoms with Gasteiger partial charge >= 0.3 is 0 Å². The molecule has 0 spiro atoms. The van der Waals surface area contributed by atoms with Crippen LogP contribution in [0, 0.1) is 0 Å². The highest BCUT2D eigenvalue weighted by Gasteiger charge is 2.26. The second-order valence-corrected chi connectivity index (χ2v) is 5.45. The molecule has 1 aromatic carbocycles. The van der Waals surface area contributed by atoms with Crippen molar-refractivity contribution >= 4 is 16.9 Å². The van der Waals surface area contributed by atoms with Gasteiger partial charge < -0.3 is 9.64 Å². The van der Waals surface area contributed by atoms with E-state index in [0.717, 1.165) is 25.2 Å². The van der Waals surface area contributed by atoms with E-state index in [9.17, 15) is 4.79 Å². The number of para-hydroxylation sites is 2. The number of aromatic nitrogens is 2. The highest BCUT2D eigenvalue weighted by atomic mass is 16.5. The van der Waals surface area contributed by atoms with Crippen LogP contribution in [0.4, 0.5) is 0 Å². The lowest BCUT2D eigenvalue weighted by molar-refractivity contribution is 0.0640. The Morgan fingerprint density at radius 1 is 1.22 bits per heavy atom. The number of amides is 1.